The fourth-order valence-electron chi connectivity index (χ4n) is 1.95. The Kier molecular flexibility index (Phi) is 7.83. The zero-order valence-corrected chi connectivity index (χ0v) is 13.7. The predicted octanol–water partition coefficient (Wildman–Crippen LogP) is 3.22. The van der Waals surface area contributed by atoms with Gasteiger partial charge in [0.05, 0.1) is 6.61 Å². The van der Waals surface area contributed by atoms with E-state index >= 15 is 0 Å². The average Bonchev–Trinajstić information content (AvgIpc) is 2.44. The average molecular weight is 292 g/mol. The maximum absolute atomic E-state index is 12.0. The molecule has 0 radical (unpaired) electrons. The van der Waals surface area contributed by atoms with Crippen molar-refractivity contribution in [3.05, 3.63) is 29.3 Å². The van der Waals surface area contributed by atoms with Crippen LogP contribution in [0.5, 0.6) is 0 Å². The molecule has 0 fully saturated rings. The molecule has 0 heterocycles. The quantitative estimate of drug-likeness (QED) is 0.687. The van der Waals surface area contributed by atoms with Crippen LogP contribution in [0.4, 0.5) is 5.69 Å². The minimum Gasteiger partial charge on any atom is -0.385 e. The number of nitrogens with one attached hydrogen (secondary N) is 2. The summed E-state index contributed by atoms with van der Waals surface area (Å²) in [6, 6.07) is 5.71. The van der Waals surface area contributed by atoms with E-state index < -0.39 is 0 Å². The molecule has 0 saturated heterocycles. The first-order valence-electron chi connectivity index (χ1n) is 7.75. The molecule has 1 aromatic rings. The number of carbonyl (C=O) groups excluding carboxylic acids is 1. The van der Waals surface area contributed by atoms with Crippen LogP contribution < -0.4 is 10.6 Å². The van der Waals surface area contributed by atoms with E-state index in [9.17, 15) is 4.79 Å². The Bertz CT molecular complexity index is 444. The molecule has 0 aromatic heterocycles. The van der Waals surface area contributed by atoms with E-state index in [1.54, 1.807) is 0 Å². The number of aryl methyl sites for hydroxylation is 1. The number of hydrogen-bond donors (Lipinski definition) is 2. The van der Waals surface area contributed by atoms with Gasteiger partial charge in [-0.2, -0.15) is 0 Å². The summed E-state index contributed by atoms with van der Waals surface area (Å²) in [5.41, 5.74) is 2.85. The van der Waals surface area contributed by atoms with Gasteiger partial charge in [-0.15, -0.1) is 0 Å². The molecule has 2 N–H and O–H groups in total. The lowest BCUT2D eigenvalue weighted by Gasteiger charge is -2.10. The molecule has 0 bridgehead atoms. The number of amides is 1. The third kappa shape index (κ3) is 6.63. The molecular weight excluding hydrogens is 264 g/mol. The van der Waals surface area contributed by atoms with Crippen LogP contribution in [0.2, 0.25) is 0 Å². The highest BCUT2D eigenvalue weighted by atomic mass is 16.5. The maximum atomic E-state index is 12.0. The van der Waals surface area contributed by atoms with Gasteiger partial charge in [0.2, 0.25) is 0 Å². The Morgan fingerprint density at radius 1 is 1.29 bits per heavy atom. The molecule has 0 spiro atoms. The predicted molar refractivity (Wildman–Crippen MR) is 87.9 cm³/mol. The van der Waals surface area contributed by atoms with Gasteiger partial charge < -0.3 is 15.4 Å². The van der Waals surface area contributed by atoms with Crippen molar-refractivity contribution in [3.63, 3.8) is 0 Å². The minimum atomic E-state index is -0.0476. The molecule has 1 aromatic carbocycles. The molecule has 1 amide bonds. The zero-order chi connectivity index (χ0) is 15.7. The number of hydrogen-bond acceptors (Lipinski definition) is 3. The maximum Gasteiger partial charge on any atom is 0.251 e. The van der Waals surface area contributed by atoms with Crippen LogP contribution in [0.3, 0.4) is 0 Å². The van der Waals surface area contributed by atoms with E-state index in [4.69, 9.17) is 4.74 Å². The van der Waals surface area contributed by atoms with E-state index in [1.807, 2.05) is 25.1 Å². The Balaban J connectivity index is 2.33. The summed E-state index contributed by atoms with van der Waals surface area (Å²) >= 11 is 0. The summed E-state index contributed by atoms with van der Waals surface area (Å²) in [5.74, 6) is 0.603. The molecule has 4 heteroatoms. The van der Waals surface area contributed by atoms with E-state index in [0.29, 0.717) is 24.6 Å². The van der Waals surface area contributed by atoms with Crippen molar-refractivity contribution in [1.82, 2.24) is 5.32 Å². The molecule has 0 unspecified atom stereocenters. The van der Waals surface area contributed by atoms with Crippen molar-refractivity contribution in [2.75, 3.05) is 31.6 Å². The highest BCUT2D eigenvalue weighted by Gasteiger charge is 2.07. The van der Waals surface area contributed by atoms with Gasteiger partial charge in [0.25, 0.3) is 5.91 Å². The molecule has 21 heavy (non-hydrogen) atoms. The first kappa shape index (κ1) is 17.5. The van der Waals surface area contributed by atoms with Crippen molar-refractivity contribution in [2.24, 2.45) is 5.92 Å². The van der Waals surface area contributed by atoms with Gasteiger partial charge in [0.1, 0.15) is 0 Å². The summed E-state index contributed by atoms with van der Waals surface area (Å²) < 4.78 is 5.48. The summed E-state index contributed by atoms with van der Waals surface area (Å²) in [6.07, 6.45) is 1.05. The van der Waals surface area contributed by atoms with Gasteiger partial charge in [0.15, 0.2) is 0 Å². The third-order valence-corrected chi connectivity index (χ3v) is 3.23. The minimum absolute atomic E-state index is 0.0476. The van der Waals surface area contributed by atoms with E-state index in [2.05, 4.69) is 31.4 Å². The smallest absolute Gasteiger partial charge is 0.251 e. The Morgan fingerprint density at radius 2 is 2.05 bits per heavy atom. The summed E-state index contributed by atoms with van der Waals surface area (Å²) in [4.78, 5) is 12.0. The van der Waals surface area contributed by atoms with Crippen LogP contribution in [0.25, 0.3) is 0 Å². The monoisotopic (exact) mass is 292 g/mol. The van der Waals surface area contributed by atoms with Gasteiger partial charge in [-0.3, -0.25) is 4.79 Å². The van der Waals surface area contributed by atoms with Gasteiger partial charge in [-0.1, -0.05) is 13.8 Å². The number of anilines is 1. The van der Waals surface area contributed by atoms with Crippen LogP contribution in [0.1, 0.15) is 43.1 Å². The largest absolute Gasteiger partial charge is 0.385 e. The lowest BCUT2D eigenvalue weighted by Crippen LogP contribution is -2.27. The molecule has 0 saturated carbocycles. The standard InChI is InChI=1S/C17H28N2O2/c1-5-18-16-7-6-15(12-14(16)4)17(20)19-9-11-21-10-8-13(2)3/h6-7,12-13,18H,5,8-11H2,1-4H3,(H,19,20). The number of carbonyl (C=O) groups is 1. The first-order valence-corrected chi connectivity index (χ1v) is 7.75. The molecule has 0 aliphatic carbocycles. The fourth-order valence-corrected chi connectivity index (χ4v) is 1.95. The Hall–Kier alpha value is -1.55. The summed E-state index contributed by atoms with van der Waals surface area (Å²) in [6.45, 7) is 11.1. The lowest BCUT2D eigenvalue weighted by molar-refractivity contribution is 0.0906. The van der Waals surface area contributed by atoms with Gasteiger partial charge >= 0.3 is 0 Å². The van der Waals surface area contributed by atoms with Crippen molar-refractivity contribution >= 4 is 11.6 Å². The van der Waals surface area contributed by atoms with Crippen LogP contribution in [0, 0.1) is 12.8 Å². The highest BCUT2D eigenvalue weighted by Crippen LogP contribution is 2.16. The third-order valence-electron chi connectivity index (χ3n) is 3.23. The second-order valence-corrected chi connectivity index (χ2v) is 5.61. The molecule has 0 aliphatic heterocycles. The topological polar surface area (TPSA) is 50.4 Å². The molecule has 4 nitrogen and oxygen atoms in total. The molecule has 118 valence electrons. The lowest BCUT2D eigenvalue weighted by atomic mass is 10.1. The van der Waals surface area contributed by atoms with Crippen molar-refractivity contribution < 1.29 is 9.53 Å². The van der Waals surface area contributed by atoms with Crippen LogP contribution in [-0.2, 0) is 4.74 Å². The fraction of sp³-hybridized carbons (Fsp3) is 0.588. The van der Waals surface area contributed by atoms with Crippen LogP contribution >= 0.6 is 0 Å². The second-order valence-electron chi connectivity index (χ2n) is 5.61. The summed E-state index contributed by atoms with van der Waals surface area (Å²) in [5, 5.41) is 6.15. The van der Waals surface area contributed by atoms with Crippen molar-refractivity contribution in [3.8, 4) is 0 Å². The normalized spacial score (nSPS) is 10.7. The zero-order valence-electron chi connectivity index (χ0n) is 13.7. The van der Waals surface area contributed by atoms with E-state index in [0.717, 1.165) is 30.8 Å². The van der Waals surface area contributed by atoms with Gasteiger partial charge in [-0.25, -0.2) is 0 Å². The Labute approximate surface area is 128 Å². The van der Waals surface area contributed by atoms with Gasteiger partial charge in [-0.05, 0) is 49.9 Å². The number of rotatable bonds is 9. The van der Waals surface area contributed by atoms with E-state index in [-0.39, 0.29) is 5.91 Å². The molecule has 0 atom stereocenters. The molecule has 0 aliphatic rings. The first-order chi connectivity index (χ1) is 10.0. The van der Waals surface area contributed by atoms with Crippen LogP contribution in [-0.4, -0.2) is 32.2 Å². The van der Waals surface area contributed by atoms with Crippen molar-refractivity contribution in [2.45, 2.75) is 34.1 Å². The van der Waals surface area contributed by atoms with Crippen LogP contribution in [0.15, 0.2) is 18.2 Å². The second kappa shape index (κ2) is 9.40. The molecular formula is C17H28N2O2. The number of ether oxygens (including phenoxy) is 1. The molecule has 1 rings (SSSR count). The SMILES string of the molecule is CCNc1ccc(C(=O)NCCOCCC(C)C)cc1C. The summed E-state index contributed by atoms with van der Waals surface area (Å²) in [7, 11) is 0. The van der Waals surface area contributed by atoms with E-state index in [1.165, 1.54) is 0 Å². The Morgan fingerprint density at radius 3 is 2.67 bits per heavy atom. The van der Waals surface area contributed by atoms with Crippen molar-refractivity contribution in [1.29, 1.82) is 0 Å². The number of benzene rings is 1. The highest BCUT2D eigenvalue weighted by molar-refractivity contribution is 5.94. The van der Waals surface area contributed by atoms with Gasteiger partial charge in [0, 0.05) is 30.9 Å².